The van der Waals surface area contributed by atoms with Gasteiger partial charge in [-0.05, 0) is 359 Å². The molecule has 0 radical (unpaired) electrons. The van der Waals surface area contributed by atoms with Gasteiger partial charge in [-0.15, -0.1) is 37.0 Å². The van der Waals surface area contributed by atoms with E-state index in [1.165, 1.54) is 32.1 Å². The van der Waals surface area contributed by atoms with Crippen LogP contribution in [0.3, 0.4) is 0 Å². The summed E-state index contributed by atoms with van der Waals surface area (Å²) in [6.07, 6.45) is 17.0. The van der Waals surface area contributed by atoms with Crippen LogP contribution in [-0.4, -0.2) is 79.0 Å². The fourth-order valence-corrected chi connectivity index (χ4v) is 14.1. The van der Waals surface area contributed by atoms with Gasteiger partial charge in [0.05, 0.1) is 56.4 Å². The third-order valence-corrected chi connectivity index (χ3v) is 23.6. The fraction of sp³-hybridized carbons (Fsp3) is 0.236. The molecule has 13 aromatic carbocycles. The van der Waals surface area contributed by atoms with Gasteiger partial charge >= 0.3 is 33.2 Å². The lowest BCUT2D eigenvalue weighted by Crippen LogP contribution is -2.41. The fourth-order valence-electron chi connectivity index (χ4n) is 12.8. The maximum absolute atomic E-state index is 12.6. The van der Waals surface area contributed by atoms with Crippen LogP contribution < -0.4 is 43.9 Å². The lowest BCUT2D eigenvalue weighted by Gasteiger charge is -2.32. The number of carbonyl (C=O) groups excluding carboxylic acids is 4. The normalized spacial score (nSPS) is 14.0. The van der Waals surface area contributed by atoms with Crippen molar-refractivity contribution in [2.75, 3.05) is 38.5 Å². The number of nitrogens with one attached hydrogen (secondary N) is 4. The van der Waals surface area contributed by atoms with Crippen molar-refractivity contribution in [2.24, 2.45) is 9.98 Å². The number of hydrogen-bond acceptors (Lipinski definition) is 15. The summed E-state index contributed by atoms with van der Waals surface area (Å²) in [7, 11) is -1.41. The van der Waals surface area contributed by atoms with Crippen molar-refractivity contribution in [3.63, 3.8) is 0 Å². The molecule has 13 aromatic rings. The van der Waals surface area contributed by atoms with Crippen LogP contribution in [0.25, 0.3) is 43.1 Å². The van der Waals surface area contributed by atoms with Crippen LogP contribution in [-0.2, 0) is 37.5 Å². The molecule has 0 aromatic heterocycles. The standard InChI is InChI=1S/C24H27BN2O3.C18H15IN2O.C12H24B2O4.C10H8IN.C10H9N.2C8H7NO.C7H9N.C6H2.C4H6.C3H4.7H2/c1-16-9-8-10-17(15-16)26-22(28)27-21-14-13-20(18-11-6-7-12-19(18)21)25-29-23(2,3)24(4,5)30-25;1-12-5-4-6-13(11-12)20-18(22)21-17-10-9-16(19)14-7-2-3-8-15(14)17;1-9(2)10(3,4)16-13(15-9)14-17-11(5,6)12(7,8)18-14;11-9-5-6-10(12)8-4-2-1-3-7(8)9;11-10-7-3-5-8-4-1-2-6-9(8)10;2*1-7-3-2-4-8(5-7)9-6-10;1-6-3-2-4-7(8)5-6;1-3-5-6-4-2;1-3-4-2;1-3-2;;;;;;;/h6-15H,1-5H3,(H2,26,27,28);2-11H,1H3,(H2,20,21,22);1-8H3;1-6H,12H2;1-7H,11H2;2*2-5H,1H3;2-5H,8H2,1H3;1-2H;1-2H3;1H,2H3;7*1H/i;;;;;;;;;;;4*1+1D;3*1+1. The Kier molecular flexibility index (Phi) is 40.6. The minimum absolute atomic E-state index is 0. The number of hydrogen-bond donors (Lipinski definition) is 7. The number of benzene rings is 13. The first-order chi connectivity index (χ1) is 67.5. The van der Waals surface area contributed by atoms with Crippen LogP contribution in [0.15, 0.2) is 283 Å². The van der Waals surface area contributed by atoms with E-state index in [-0.39, 0.29) is 38.7 Å². The number of fused-ring (bicyclic) bond motifs is 4. The van der Waals surface area contributed by atoms with E-state index in [1.54, 1.807) is 19.1 Å². The Balaban J connectivity index is 0. The number of carbonyl (C=O) groups is 2. The molecule has 3 aliphatic heterocycles. The molecule has 0 bridgehead atoms. The SMILES string of the molecule is C#CC.C#CC#CC#C.CC#CC.CC1(C)OB(B2OC(C)(C)C(C)(C)O2)OC1(C)C.Cc1cccc(N)c1.Cc1cccc(N=C=O)c1.Cc1cccc(N=C=O)c1.Cc1cccc(NC(=O)Nc2ccc(B3OC(C)(C)C(C)(C)O3)c3ccccc23)c1.Cc1cccc(NC(=O)Nc2ccc(I)c3ccccc23)c1.Nc1ccc(I)c2ccccc12.Nc1cccc2ccccc12.[2HH].[2HH].[2HH].[2H][2H].[2H][2H].[2H][2H].[2H][2H]. The number of terminal acetylenes is 3. The Morgan fingerprint density at radius 2 is 0.687 bits per heavy atom. The molecule has 0 unspecified atom stereocenters. The van der Waals surface area contributed by atoms with Gasteiger partial charge in [-0.2, -0.15) is 9.98 Å². The molecule has 3 aliphatic rings. The van der Waals surface area contributed by atoms with Gasteiger partial charge in [0.15, 0.2) is 0 Å². The van der Waals surface area contributed by atoms with Crippen LogP contribution in [0.2, 0.25) is 0 Å². The second-order valence-electron chi connectivity index (χ2n) is 33.7. The van der Waals surface area contributed by atoms with Crippen molar-refractivity contribution >= 4 is 190 Å². The van der Waals surface area contributed by atoms with E-state index in [0.29, 0.717) is 11.4 Å². The van der Waals surface area contributed by atoms with Crippen molar-refractivity contribution in [2.45, 2.75) is 172 Å². The number of nitrogens with two attached hydrogens (primary N) is 3. The Morgan fingerprint density at radius 1 is 0.366 bits per heavy atom. The highest BCUT2D eigenvalue weighted by atomic mass is 127. The molecule has 16 rings (SSSR count). The number of nitrogen functional groups attached to an aromatic ring is 3. The quantitative estimate of drug-likeness (QED) is 0.0186. The summed E-state index contributed by atoms with van der Waals surface area (Å²) in [5, 5.41) is 20.5. The van der Waals surface area contributed by atoms with Gasteiger partial charge in [0.1, 0.15) is 0 Å². The number of aliphatic imine (C=N–C) groups is 2. The predicted molar refractivity (Wildman–Crippen MR) is 593 cm³/mol. The van der Waals surface area contributed by atoms with Crippen LogP contribution >= 0.6 is 45.2 Å². The Morgan fingerprint density at radius 3 is 1.06 bits per heavy atom. The summed E-state index contributed by atoms with van der Waals surface area (Å²) in [6.45, 7) is 39.6. The first-order valence-electron chi connectivity index (χ1n) is 47.0. The summed E-state index contributed by atoms with van der Waals surface area (Å²) in [5.41, 5.74) is 28.3. The van der Waals surface area contributed by atoms with E-state index in [4.69, 9.17) is 69.9 Å². The number of aryl methyl sites for hydroxylation is 5. The highest BCUT2D eigenvalue weighted by molar-refractivity contribution is 14.1. The summed E-state index contributed by atoms with van der Waals surface area (Å²) >= 11 is 4.62. The number of urea groups is 2. The average Bonchev–Trinajstić information content (AvgIpc) is 1.58. The number of amides is 4. The molecule has 24 heteroatoms. The second kappa shape index (κ2) is 52.9. The molecule has 0 atom stereocenters. The largest absolute Gasteiger partial charge is 0.495 e. The van der Waals surface area contributed by atoms with E-state index >= 15 is 0 Å². The third-order valence-electron chi connectivity index (χ3n) is 21.7. The maximum atomic E-state index is 12.6. The minimum atomic E-state index is -0.476. The van der Waals surface area contributed by atoms with Gasteiger partial charge in [-0.25, -0.2) is 19.2 Å². The molecule has 3 saturated heterocycles. The summed E-state index contributed by atoms with van der Waals surface area (Å²) in [4.78, 5) is 51.3. The second-order valence-corrected chi connectivity index (χ2v) is 36.0. The van der Waals surface area contributed by atoms with Crippen molar-refractivity contribution in [3.05, 3.63) is 308 Å². The van der Waals surface area contributed by atoms with Gasteiger partial charge < -0.3 is 66.4 Å². The number of rotatable bonds is 8. The Bertz CT molecular complexity index is 6370. The van der Waals surface area contributed by atoms with Crippen molar-refractivity contribution in [1.82, 2.24) is 0 Å². The van der Waals surface area contributed by atoms with Crippen LogP contribution in [0.1, 0.15) is 148 Å². The van der Waals surface area contributed by atoms with Crippen molar-refractivity contribution in [3.8, 4) is 60.7 Å². The van der Waals surface area contributed by atoms with E-state index < -0.39 is 32.3 Å². The monoisotopic (exact) mass is 2040 g/mol. The first-order valence-corrected chi connectivity index (χ1v) is 45.1. The predicted octanol–water partition coefficient (Wildman–Crippen LogP) is 27.3. The number of nitrogens with zero attached hydrogens (tertiary/aromatic N) is 2. The Hall–Kier alpha value is -13.2. The van der Waals surface area contributed by atoms with Gasteiger partial charge in [-0.3, -0.25) is 0 Å². The number of isocyanates is 2. The van der Waals surface area contributed by atoms with E-state index in [1.807, 2.05) is 368 Å². The van der Waals surface area contributed by atoms with Crippen LogP contribution in [0, 0.1) is 102 Å². The van der Waals surface area contributed by atoms with Crippen LogP contribution in [0.4, 0.5) is 60.8 Å². The van der Waals surface area contributed by atoms with E-state index in [9.17, 15) is 19.2 Å². The number of halogens is 2. The van der Waals surface area contributed by atoms with E-state index in [0.717, 1.165) is 103 Å². The van der Waals surface area contributed by atoms with Crippen molar-refractivity contribution in [1.29, 1.82) is 0 Å². The summed E-state index contributed by atoms with van der Waals surface area (Å²) < 4.78 is 78.8. The molecule has 0 saturated carbocycles. The smallest absolute Gasteiger partial charge is 0.405 e. The molecule has 4 amide bonds. The first kappa shape index (κ1) is 103. The summed E-state index contributed by atoms with van der Waals surface area (Å²) in [5.74, 6) is 16.2. The van der Waals surface area contributed by atoms with Gasteiger partial charge in [-0.1, -0.05) is 176 Å². The third kappa shape index (κ3) is 33.8. The summed E-state index contributed by atoms with van der Waals surface area (Å²) in [6, 6.07) is 87.5. The molecule has 134 heavy (non-hydrogen) atoms. The maximum Gasteiger partial charge on any atom is 0.495 e. The molecule has 3 fully saturated rings. The zero-order valence-corrected chi connectivity index (χ0v) is 84.2. The van der Waals surface area contributed by atoms with Gasteiger partial charge in [0, 0.05) is 73.3 Å². The van der Waals surface area contributed by atoms with Crippen LogP contribution in [0.5, 0.6) is 0 Å². The molecule has 3 heterocycles. The zero-order chi connectivity index (χ0) is 107. The topological polar surface area (TPSA) is 275 Å². The average molecular weight is 2040 g/mol. The van der Waals surface area contributed by atoms with E-state index in [2.05, 4.69) is 149 Å². The molecular formula is C110H132B3I2N9O10. The minimum Gasteiger partial charge on any atom is -0.405 e. The highest BCUT2D eigenvalue weighted by Crippen LogP contribution is 2.44. The molecular weight excluding hydrogens is 1890 g/mol. The van der Waals surface area contributed by atoms with Gasteiger partial charge in [0.2, 0.25) is 12.2 Å². The molecule has 700 valence electrons. The zero-order valence-electron chi connectivity index (χ0n) is 87.9. The highest BCUT2D eigenvalue weighted by Gasteiger charge is 2.64. The molecule has 10 N–H and O–H groups in total. The van der Waals surface area contributed by atoms with Gasteiger partial charge in [0.25, 0.3) is 0 Å². The Labute approximate surface area is 837 Å². The molecule has 19 nitrogen and oxygen atoms in total. The lowest BCUT2D eigenvalue weighted by atomic mass is 9.49. The molecule has 0 spiro atoms. The lowest BCUT2D eigenvalue weighted by molar-refractivity contribution is 0.00578. The molecule has 0 aliphatic carbocycles. The number of anilines is 7. The van der Waals surface area contributed by atoms with Crippen molar-refractivity contribution < 1.29 is 63.3 Å².